The average molecular weight is 1410 g/mol. The molecule has 19 heteroatoms. The van der Waals surface area contributed by atoms with Gasteiger partial charge in [0.25, 0.3) is 0 Å². The molecule has 0 aliphatic heterocycles. The molecule has 0 bridgehead atoms. The summed E-state index contributed by atoms with van der Waals surface area (Å²) in [6, 6.07) is 0. The molecular formula is C77H146O17P2. The normalized spacial score (nSPS) is 14.5. The zero-order chi connectivity index (χ0) is 70.9. The minimum atomic E-state index is -4.97. The van der Waals surface area contributed by atoms with Gasteiger partial charge in [-0.15, -0.1) is 0 Å². The molecule has 0 aliphatic carbocycles. The molecule has 6 atom stereocenters. The van der Waals surface area contributed by atoms with Gasteiger partial charge < -0.3 is 33.8 Å². The maximum Gasteiger partial charge on any atom is 0.472 e. The summed E-state index contributed by atoms with van der Waals surface area (Å²) in [5.74, 6) is 0.129. The Morgan fingerprint density at radius 1 is 0.344 bits per heavy atom. The Bertz CT molecular complexity index is 1970. The molecule has 566 valence electrons. The summed E-state index contributed by atoms with van der Waals surface area (Å²) in [4.78, 5) is 72.8. The van der Waals surface area contributed by atoms with Crippen molar-refractivity contribution in [1.82, 2.24) is 0 Å². The monoisotopic (exact) mass is 1410 g/mol. The van der Waals surface area contributed by atoms with Crippen LogP contribution in [-0.2, 0) is 65.4 Å². The standard InChI is InChI=1S/C77H146O17P2/c1-8-10-11-12-13-14-15-16-19-23-26-29-37-44-51-58-74(79)87-64-72(93-76(81)60-53-46-38-30-27-24-21-18-17-20-22-25-28-34-41-48-55-68(3)4)66-91-95(83,84)89-62-71(78)63-90-96(85,86)92-67-73(65-88-75(80)59-52-45-40-33-35-42-49-56-69(5)6)94-77(82)61-54-47-39-32-31-36-43-50-57-70(7)9-2/h14-16,19,68-73,78H,8-13,17-18,20-67H2,1-7H3,(H,83,84)(H,85,86)/b15-14-,19-16-/t70?,71?,72-,73-/m1/s1. The summed E-state index contributed by atoms with van der Waals surface area (Å²) in [5.41, 5.74) is 0. The third-order valence-corrected chi connectivity index (χ3v) is 19.5. The van der Waals surface area contributed by atoms with Crippen LogP contribution in [0.1, 0.15) is 370 Å². The van der Waals surface area contributed by atoms with E-state index in [9.17, 15) is 43.2 Å². The highest BCUT2D eigenvalue weighted by Gasteiger charge is 2.30. The lowest BCUT2D eigenvalue weighted by atomic mass is 9.99. The van der Waals surface area contributed by atoms with Gasteiger partial charge in [0.2, 0.25) is 0 Å². The van der Waals surface area contributed by atoms with E-state index in [1.807, 2.05) is 0 Å². The van der Waals surface area contributed by atoms with Gasteiger partial charge in [-0.3, -0.25) is 37.3 Å². The first-order valence-electron chi connectivity index (χ1n) is 39.2. The van der Waals surface area contributed by atoms with Crippen LogP contribution < -0.4 is 0 Å². The van der Waals surface area contributed by atoms with E-state index in [2.05, 4.69) is 72.8 Å². The van der Waals surface area contributed by atoms with Crippen LogP contribution in [0.4, 0.5) is 0 Å². The third-order valence-electron chi connectivity index (χ3n) is 17.6. The van der Waals surface area contributed by atoms with Crippen molar-refractivity contribution in [2.75, 3.05) is 39.6 Å². The zero-order valence-corrected chi connectivity index (χ0v) is 64.1. The van der Waals surface area contributed by atoms with Crippen molar-refractivity contribution in [3.8, 4) is 0 Å². The molecule has 96 heavy (non-hydrogen) atoms. The molecule has 0 aromatic carbocycles. The number of carbonyl (C=O) groups excluding carboxylic acids is 4. The van der Waals surface area contributed by atoms with Crippen molar-refractivity contribution in [1.29, 1.82) is 0 Å². The molecule has 3 N–H and O–H groups in total. The van der Waals surface area contributed by atoms with E-state index in [4.69, 9.17) is 37.0 Å². The summed E-state index contributed by atoms with van der Waals surface area (Å²) in [6.07, 6.45) is 56.4. The van der Waals surface area contributed by atoms with Gasteiger partial charge >= 0.3 is 39.5 Å². The van der Waals surface area contributed by atoms with Crippen LogP contribution in [0.3, 0.4) is 0 Å². The van der Waals surface area contributed by atoms with Crippen molar-refractivity contribution in [2.24, 2.45) is 17.8 Å². The number of rotatable bonds is 73. The number of hydrogen-bond donors (Lipinski definition) is 3. The predicted octanol–water partition coefficient (Wildman–Crippen LogP) is 22.1. The Labute approximate surface area is 586 Å². The summed E-state index contributed by atoms with van der Waals surface area (Å²) in [6.45, 7) is 11.8. The second-order valence-corrected chi connectivity index (χ2v) is 31.2. The number of aliphatic hydroxyl groups is 1. The highest BCUT2D eigenvalue weighted by atomic mass is 31.2. The van der Waals surface area contributed by atoms with Gasteiger partial charge in [-0.25, -0.2) is 9.13 Å². The molecule has 0 spiro atoms. The van der Waals surface area contributed by atoms with E-state index >= 15 is 0 Å². The SMILES string of the molecule is CCCCCC/C=C\C=C/CCCCCCCC(=O)OC[C@H](COP(=O)(O)OCC(O)COP(=O)(O)OC[C@@H](COC(=O)CCCCCCCCCC(C)C)OC(=O)CCCCCCCCCCC(C)CC)OC(=O)CCCCCCCCCCCCCCCCCCC(C)C. The molecule has 0 saturated carbocycles. The van der Waals surface area contributed by atoms with E-state index in [1.165, 1.54) is 154 Å². The van der Waals surface area contributed by atoms with E-state index in [-0.39, 0.29) is 25.7 Å². The quantitative estimate of drug-likeness (QED) is 0.0169. The Morgan fingerprint density at radius 2 is 0.615 bits per heavy atom. The molecule has 0 saturated heterocycles. The molecule has 17 nitrogen and oxygen atoms in total. The van der Waals surface area contributed by atoms with Crippen LogP contribution in [-0.4, -0.2) is 96.7 Å². The molecule has 0 aliphatic rings. The van der Waals surface area contributed by atoms with Crippen LogP contribution in [0.2, 0.25) is 0 Å². The van der Waals surface area contributed by atoms with E-state index in [0.29, 0.717) is 31.6 Å². The fourth-order valence-electron chi connectivity index (χ4n) is 11.2. The van der Waals surface area contributed by atoms with Crippen molar-refractivity contribution in [3.63, 3.8) is 0 Å². The molecule has 0 rings (SSSR count). The number of aliphatic hydroxyl groups excluding tert-OH is 1. The Balaban J connectivity index is 5.27. The molecule has 0 aromatic heterocycles. The lowest BCUT2D eigenvalue weighted by Crippen LogP contribution is -2.30. The number of hydrogen-bond acceptors (Lipinski definition) is 15. The van der Waals surface area contributed by atoms with Crippen LogP contribution in [0.5, 0.6) is 0 Å². The first-order valence-corrected chi connectivity index (χ1v) is 42.2. The van der Waals surface area contributed by atoms with Crippen molar-refractivity contribution >= 4 is 39.5 Å². The first-order chi connectivity index (χ1) is 46.3. The van der Waals surface area contributed by atoms with Crippen LogP contribution in [0.15, 0.2) is 24.3 Å². The van der Waals surface area contributed by atoms with Gasteiger partial charge in [-0.2, -0.15) is 0 Å². The van der Waals surface area contributed by atoms with Crippen molar-refractivity contribution in [3.05, 3.63) is 24.3 Å². The van der Waals surface area contributed by atoms with E-state index in [1.54, 1.807) is 0 Å². The number of phosphoric acid groups is 2. The van der Waals surface area contributed by atoms with Gasteiger partial charge in [0, 0.05) is 25.7 Å². The molecule has 0 amide bonds. The summed E-state index contributed by atoms with van der Waals surface area (Å²) < 4.78 is 68.5. The summed E-state index contributed by atoms with van der Waals surface area (Å²) in [5, 5.41) is 10.6. The summed E-state index contributed by atoms with van der Waals surface area (Å²) >= 11 is 0. The number of phosphoric ester groups is 2. The second-order valence-electron chi connectivity index (χ2n) is 28.3. The topological polar surface area (TPSA) is 237 Å². The van der Waals surface area contributed by atoms with E-state index < -0.39 is 97.5 Å². The van der Waals surface area contributed by atoms with E-state index in [0.717, 1.165) is 127 Å². The van der Waals surface area contributed by atoms with Gasteiger partial charge in [0.1, 0.15) is 19.3 Å². The van der Waals surface area contributed by atoms with Crippen LogP contribution in [0, 0.1) is 17.8 Å². The minimum absolute atomic E-state index is 0.101. The molecule has 0 heterocycles. The first kappa shape index (κ1) is 93.5. The highest BCUT2D eigenvalue weighted by molar-refractivity contribution is 7.47. The maximum absolute atomic E-state index is 13.1. The zero-order valence-electron chi connectivity index (χ0n) is 62.3. The molecule has 4 unspecified atom stereocenters. The fraction of sp³-hybridized carbons (Fsp3) is 0.896. The fourth-order valence-corrected chi connectivity index (χ4v) is 12.8. The molecule has 0 aromatic rings. The molecule has 0 radical (unpaired) electrons. The second kappa shape index (κ2) is 67.1. The van der Waals surface area contributed by atoms with Gasteiger partial charge in [-0.1, -0.05) is 317 Å². The molecular weight excluding hydrogens is 1260 g/mol. The lowest BCUT2D eigenvalue weighted by molar-refractivity contribution is -0.161. The van der Waals surface area contributed by atoms with Gasteiger partial charge in [0.15, 0.2) is 12.2 Å². The van der Waals surface area contributed by atoms with Crippen LogP contribution in [0.25, 0.3) is 0 Å². The minimum Gasteiger partial charge on any atom is -0.462 e. The third kappa shape index (κ3) is 68.7. The lowest BCUT2D eigenvalue weighted by Gasteiger charge is -2.21. The number of carbonyl (C=O) groups is 4. The van der Waals surface area contributed by atoms with Crippen LogP contribution >= 0.6 is 15.6 Å². The Morgan fingerprint density at radius 3 is 0.927 bits per heavy atom. The number of allylic oxidation sites excluding steroid dienone is 4. The van der Waals surface area contributed by atoms with Gasteiger partial charge in [-0.05, 0) is 69.1 Å². The smallest absolute Gasteiger partial charge is 0.462 e. The van der Waals surface area contributed by atoms with Crippen molar-refractivity contribution in [2.45, 2.75) is 388 Å². The number of unbranched alkanes of at least 4 members (excludes halogenated alkanes) is 37. The number of esters is 4. The van der Waals surface area contributed by atoms with Crippen molar-refractivity contribution < 1.29 is 80.2 Å². The van der Waals surface area contributed by atoms with Gasteiger partial charge in [0.05, 0.1) is 26.4 Å². The largest absolute Gasteiger partial charge is 0.472 e. The average Bonchev–Trinajstić information content (AvgIpc) is 1.12. The summed E-state index contributed by atoms with van der Waals surface area (Å²) in [7, 11) is -9.92. The Kier molecular flexibility index (Phi) is 65.3. The molecule has 0 fully saturated rings. The highest BCUT2D eigenvalue weighted by Crippen LogP contribution is 2.45. The maximum atomic E-state index is 13.1. The number of ether oxygens (including phenoxy) is 4. The predicted molar refractivity (Wildman–Crippen MR) is 390 cm³/mol. The Hall–Kier alpha value is -2.46.